The van der Waals surface area contributed by atoms with Gasteiger partial charge < -0.3 is 9.47 Å². The maximum atomic E-state index is 13.5. The second kappa shape index (κ2) is 9.97. The number of hydrogen-bond acceptors (Lipinski definition) is 5. The lowest BCUT2D eigenvalue weighted by atomic mass is 9.48. The summed E-state index contributed by atoms with van der Waals surface area (Å²) in [6, 6.07) is 10.4. The molecule has 4 amide bonds. The Morgan fingerprint density at radius 1 is 1.03 bits per heavy atom. The Kier molecular flexibility index (Phi) is 6.61. The second-order valence-corrected chi connectivity index (χ2v) is 12.2. The molecule has 1 heterocycles. The van der Waals surface area contributed by atoms with Crippen molar-refractivity contribution in [1.29, 1.82) is 0 Å². The molecule has 0 radical (unpaired) electrons. The molecule has 0 aromatic heterocycles. The number of nitrogens with zero attached hydrogens (tertiary/aromatic N) is 1. The van der Waals surface area contributed by atoms with Crippen molar-refractivity contribution in [3.8, 4) is 11.5 Å². The standard InChI is InChI=1S/C31H31BrN2O5/c1-3-8-39-27-14-25(32)21(13-26(27)38-2)12-24-28(35)33-30(37)34(29(24)36)23-6-4-22(5-7-23)31-15-18-9-19(16-31)11-20(10-18)17-31/h3-7,12-14,18-20H,1,8-11,15-17H2,2H3,(H,33,35,37). The number of amides is 4. The van der Waals surface area contributed by atoms with E-state index in [1.165, 1.54) is 57.3 Å². The van der Waals surface area contributed by atoms with Crippen LogP contribution in [0.5, 0.6) is 11.5 Å². The van der Waals surface area contributed by atoms with E-state index in [1.807, 2.05) is 12.1 Å². The van der Waals surface area contributed by atoms with Gasteiger partial charge in [0.15, 0.2) is 11.5 Å². The monoisotopic (exact) mass is 590 g/mol. The Balaban J connectivity index is 1.28. The van der Waals surface area contributed by atoms with Crippen molar-refractivity contribution in [2.75, 3.05) is 18.6 Å². The fourth-order valence-electron chi connectivity index (χ4n) is 7.56. The molecule has 39 heavy (non-hydrogen) atoms. The Morgan fingerprint density at radius 2 is 1.67 bits per heavy atom. The molecule has 0 atom stereocenters. The first-order valence-electron chi connectivity index (χ1n) is 13.4. The molecule has 7 nitrogen and oxygen atoms in total. The van der Waals surface area contributed by atoms with Gasteiger partial charge in [0.05, 0.1) is 12.8 Å². The van der Waals surface area contributed by atoms with Crippen LogP contribution < -0.4 is 19.7 Å². The van der Waals surface area contributed by atoms with Crippen LogP contribution in [0.2, 0.25) is 0 Å². The molecule has 4 aliphatic carbocycles. The van der Waals surface area contributed by atoms with E-state index in [0.717, 1.165) is 22.7 Å². The third-order valence-corrected chi connectivity index (χ3v) is 9.50. The highest BCUT2D eigenvalue weighted by atomic mass is 79.9. The average Bonchev–Trinajstić information content (AvgIpc) is 2.90. The van der Waals surface area contributed by atoms with Crippen LogP contribution in [0.1, 0.15) is 49.7 Å². The van der Waals surface area contributed by atoms with Crippen molar-refractivity contribution in [2.24, 2.45) is 17.8 Å². The zero-order valence-electron chi connectivity index (χ0n) is 21.9. The van der Waals surface area contributed by atoms with E-state index >= 15 is 0 Å². The van der Waals surface area contributed by atoms with Gasteiger partial charge in [-0.3, -0.25) is 14.9 Å². The number of ether oxygens (including phenoxy) is 2. The fourth-order valence-corrected chi connectivity index (χ4v) is 8.00. The van der Waals surface area contributed by atoms with Gasteiger partial charge in [-0.15, -0.1) is 0 Å². The van der Waals surface area contributed by atoms with Crippen LogP contribution in [-0.2, 0) is 15.0 Å². The lowest BCUT2D eigenvalue weighted by molar-refractivity contribution is -0.122. The summed E-state index contributed by atoms with van der Waals surface area (Å²) in [5, 5.41) is 2.32. The fraction of sp³-hybridized carbons (Fsp3) is 0.387. The van der Waals surface area contributed by atoms with E-state index in [0.29, 0.717) is 33.8 Å². The van der Waals surface area contributed by atoms with Gasteiger partial charge in [0.1, 0.15) is 12.2 Å². The maximum Gasteiger partial charge on any atom is 0.335 e. The number of halogens is 1. The van der Waals surface area contributed by atoms with Gasteiger partial charge in [0.25, 0.3) is 11.8 Å². The minimum Gasteiger partial charge on any atom is -0.493 e. The molecule has 4 bridgehead atoms. The van der Waals surface area contributed by atoms with E-state index in [4.69, 9.17) is 9.47 Å². The molecule has 1 aliphatic heterocycles. The number of barbiturate groups is 1. The zero-order valence-corrected chi connectivity index (χ0v) is 23.5. The van der Waals surface area contributed by atoms with Gasteiger partial charge >= 0.3 is 6.03 Å². The molecule has 7 rings (SSSR count). The van der Waals surface area contributed by atoms with E-state index in [9.17, 15) is 14.4 Å². The number of urea groups is 1. The predicted molar refractivity (Wildman–Crippen MR) is 152 cm³/mol. The van der Waals surface area contributed by atoms with Gasteiger partial charge in [-0.05, 0) is 103 Å². The van der Waals surface area contributed by atoms with Gasteiger partial charge in [-0.2, -0.15) is 0 Å². The Labute approximate surface area is 236 Å². The molecule has 0 unspecified atom stereocenters. The quantitative estimate of drug-likeness (QED) is 0.237. The van der Waals surface area contributed by atoms with Gasteiger partial charge in [0, 0.05) is 4.47 Å². The van der Waals surface area contributed by atoms with Crippen LogP contribution in [0, 0.1) is 17.8 Å². The molecule has 2 aromatic carbocycles. The molecule has 8 heteroatoms. The molecular weight excluding hydrogens is 560 g/mol. The highest BCUT2D eigenvalue weighted by molar-refractivity contribution is 9.10. The van der Waals surface area contributed by atoms with E-state index in [-0.39, 0.29) is 11.0 Å². The molecule has 5 aliphatic rings. The molecule has 202 valence electrons. The van der Waals surface area contributed by atoms with Crippen molar-refractivity contribution >= 4 is 45.5 Å². The number of imide groups is 2. The van der Waals surface area contributed by atoms with Crippen LogP contribution in [0.4, 0.5) is 10.5 Å². The third-order valence-electron chi connectivity index (χ3n) is 8.82. The summed E-state index contributed by atoms with van der Waals surface area (Å²) in [6.07, 6.45) is 10.9. The predicted octanol–water partition coefficient (Wildman–Crippen LogP) is 6.16. The number of anilines is 1. The van der Waals surface area contributed by atoms with Gasteiger partial charge in [-0.25, -0.2) is 9.69 Å². The molecular formula is C31H31BrN2O5. The Hall–Kier alpha value is -3.39. The number of carbonyl (C=O) groups is 3. The van der Waals surface area contributed by atoms with Crippen molar-refractivity contribution < 1.29 is 23.9 Å². The zero-order chi connectivity index (χ0) is 27.3. The molecule has 0 spiro atoms. The molecule has 2 aromatic rings. The largest absolute Gasteiger partial charge is 0.493 e. The van der Waals surface area contributed by atoms with Crippen molar-refractivity contribution in [2.45, 2.75) is 43.9 Å². The summed E-state index contributed by atoms with van der Waals surface area (Å²) in [5.74, 6) is 1.97. The third kappa shape index (κ3) is 4.58. The van der Waals surface area contributed by atoms with Crippen molar-refractivity contribution in [3.05, 3.63) is 70.2 Å². The van der Waals surface area contributed by atoms with Crippen LogP contribution in [0.3, 0.4) is 0 Å². The maximum absolute atomic E-state index is 13.5. The number of carbonyl (C=O) groups excluding carboxylic acids is 3. The summed E-state index contributed by atoms with van der Waals surface area (Å²) >= 11 is 3.49. The number of methoxy groups -OCH3 is 1. The topological polar surface area (TPSA) is 84.9 Å². The van der Waals surface area contributed by atoms with E-state index in [1.54, 1.807) is 18.2 Å². The highest BCUT2D eigenvalue weighted by Crippen LogP contribution is 2.60. The van der Waals surface area contributed by atoms with Crippen LogP contribution >= 0.6 is 15.9 Å². The Bertz CT molecular complexity index is 1360. The van der Waals surface area contributed by atoms with Crippen LogP contribution in [0.25, 0.3) is 6.08 Å². The minimum atomic E-state index is -0.755. The van der Waals surface area contributed by atoms with Gasteiger partial charge in [-0.1, -0.05) is 40.7 Å². The summed E-state index contributed by atoms with van der Waals surface area (Å²) in [7, 11) is 1.51. The second-order valence-electron chi connectivity index (χ2n) is 11.3. The normalized spacial score (nSPS) is 28.6. The number of rotatable bonds is 7. The molecule has 5 fully saturated rings. The first kappa shape index (κ1) is 25.9. The first-order valence-corrected chi connectivity index (χ1v) is 14.2. The lowest BCUT2D eigenvalue weighted by Crippen LogP contribution is -2.54. The first-order chi connectivity index (χ1) is 18.8. The van der Waals surface area contributed by atoms with Crippen molar-refractivity contribution in [3.63, 3.8) is 0 Å². The average molecular weight is 592 g/mol. The summed E-state index contributed by atoms with van der Waals surface area (Å²) in [4.78, 5) is 40.1. The number of hydrogen-bond donors (Lipinski definition) is 1. The SMILES string of the molecule is C=CCOc1cc(Br)c(C=C2C(=O)NC(=O)N(c3ccc(C45CC6CC(CC(C6)C4)C5)cc3)C2=O)cc1OC. The van der Waals surface area contributed by atoms with Gasteiger partial charge in [0.2, 0.25) is 0 Å². The molecule has 1 saturated heterocycles. The lowest BCUT2D eigenvalue weighted by Gasteiger charge is -2.57. The molecule has 4 saturated carbocycles. The Morgan fingerprint density at radius 3 is 2.26 bits per heavy atom. The van der Waals surface area contributed by atoms with Crippen LogP contribution in [-0.4, -0.2) is 31.6 Å². The van der Waals surface area contributed by atoms with E-state index < -0.39 is 17.8 Å². The number of benzene rings is 2. The summed E-state index contributed by atoms with van der Waals surface area (Å²) in [6.45, 7) is 3.94. The molecule has 1 N–H and O–H groups in total. The minimum absolute atomic E-state index is 0.151. The van der Waals surface area contributed by atoms with Crippen LogP contribution in [0.15, 0.2) is 59.1 Å². The number of nitrogens with one attached hydrogen (secondary N) is 1. The summed E-state index contributed by atoms with van der Waals surface area (Å²) < 4.78 is 11.7. The smallest absolute Gasteiger partial charge is 0.335 e. The van der Waals surface area contributed by atoms with E-state index in [2.05, 4.69) is 40.0 Å². The summed E-state index contributed by atoms with van der Waals surface area (Å²) in [5.41, 5.74) is 2.34. The van der Waals surface area contributed by atoms with Crippen molar-refractivity contribution in [1.82, 2.24) is 5.32 Å². The highest BCUT2D eigenvalue weighted by Gasteiger charge is 2.51.